The Morgan fingerprint density at radius 3 is 1.43 bits per heavy atom. The fourth-order valence-electron chi connectivity index (χ4n) is 3.09. The minimum absolute atomic E-state index is 0.0629. The van der Waals surface area contributed by atoms with Crippen LogP contribution in [0.2, 0.25) is 0 Å². The maximum absolute atomic E-state index is 12.1. The van der Waals surface area contributed by atoms with Crippen molar-refractivity contribution in [1.29, 1.82) is 0 Å². The van der Waals surface area contributed by atoms with Gasteiger partial charge in [-0.15, -0.1) is 0 Å². The van der Waals surface area contributed by atoms with E-state index in [2.05, 4.69) is 0 Å². The van der Waals surface area contributed by atoms with Crippen molar-refractivity contribution in [3.05, 3.63) is 58.7 Å². The van der Waals surface area contributed by atoms with Crippen LogP contribution < -0.4 is 0 Å². The Balaban J connectivity index is 2.04. The Kier molecular flexibility index (Phi) is 6.27. The highest BCUT2D eigenvalue weighted by Crippen LogP contribution is 2.31. The molecule has 2 aromatic carbocycles. The van der Waals surface area contributed by atoms with Crippen LogP contribution in [0, 0.1) is 0 Å². The van der Waals surface area contributed by atoms with Gasteiger partial charge in [-0.3, -0.25) is 0 Å². The molecule has 0 aromatic heterocycles. The van der Waals surface area contributed by atoms with Gasteiger partial charge < -0.3 is 19.7 Å². The summed E-state index contributed by atoms with van der Waals surface area (Å²) in [5, 5.41) is 19.5. The van der Waals surface area contributed by atoms with Gasteiger partial charge in [0.05, 0.1) is 0 Å². The smallest absolute Gasteiger partial charge is 0.508 e. The second-order valence-corrected chi connectivity index (χ2v) is 9.01. The zero-order chi connectivity index (χ0) is 21.1. The molecule has 0 bridgehead atoms. The van der Waals surface area contributed by atoms with E-state index < -0.39 is 6.16 Å². The van der Waals surface area contributed by atoms with Crippen LogP contribution in [0.15, 0.2) is 36.4 Å². The molecule has 5 heteroatoms. The number of benzene rings is 2. The van der Waals surface area contributed by atoms with Crippen LogP contribution in [0.25, 0.3) is 0 Å². The predicted octanol–water partition coefficient (Wildman–Crippen LogP) is 5.55. The van der Waals surface area contributed by atoms with Gasteiger partial charge in [0.1, 0.15) is 24.7 Å². The van der Waals surface area contributed by atoms with Crippen molar-refractivity contribution in [1.82, 2.24) is 0 Å². The normalized spacial score (nSPS) is 11.9. The summed E-state index contributed by atoms with van der Waals surface area (Å²) in [5.74, 6) is 0.358. The van der Waals surface area contributed by atoms with Crippen LogP contribution in [0.1, 0.15) is 63.8 Å². The van der Waals surface area contributed by atoms with Crippen molar-refractivity contribution < 1.29 is 24.5 Å². The number of carbonyl (C=O) groups is 1. The van der Waals surface area contributed by atoms with Crippen molar-refractivity contribution in [2.45, 2.75) is 65.6 Å². The van der Waals surface area contributed by atoms with Gasteiger partial charge in [0.15, 0.2) is 0 Å². The topological polar surface area (TPSA) is 76.0 Å². The largest absolute Gasteiger partial charge is 0.508 e. The first-order chi connectivity index (χ1) is 12.9. The highest BCUT2D eigenvalue weighted by molar-refractivity contribution is 5.60. The molecule has 0 aliphatic rings. The van der Waals surface area contributed by atoms with Crippen LogP contribution in [0.3, 0.4) is 0 Å². The molecule has 0 saturated carbocycles. The molecule has 0 unspecified atom stereocenters. The van der Waals surface area contributed by atoms with E-state index in [-0.39, 0.29) is 35.5 Å². The maximum Gasteiger partial charge on any atom is 0.508 e. The Morgan fingerprint density at radius 2 is 1.11 bits per heavy atom. The van der Waals surface area contributed by atoms with Gasteiger partial charge in [0, 0.05) is 0 Å². The molecule has 0 fully saturated rings. The molecule has 0 radical (unpaired) electrons. The first-order valence-corrected chi connectivity index (χ1v) is 9.32. The third kappa shape index (κ3) is 5.65. The van der Waals surface area contributed by atoms with Gasteiger partial charge >= 0.3 is 6.16 Å². The molecule has 0 heterocycles. The SMILES string of the molecule is CC(C)(C)c1cc(O)ccc1COC(=O)OCc1ccc(O)cc1C(C)(C)C. The molecule has 28 heavy (non-hydrogen) atoms. The third-order valence-corrected chi connectivity index (χ3v) is 4.49. The molecule has 0 aliphatic carbocycles. The Bertz CT molecular complexity index is 772. The van der Waals surface area contributed by atoms with Gasteiger partial charge in [-0.2, -0.15) is 0 Å². The number of aromatic hydroxyl groups is 2. The fourth-order valence-corrected chi connectivity index (χ4v) is 3.09. The Hall–Kier alpha value is -2.69. The van der Waals surface area contributed by atoms with Crippen molar-refractivity contribution in [3.8, 4) is 11.5 Å². The lowest BCUT2D eigenvalue weighted by molar-refractivity contribution is 0.0440. The first-order valence-electron chi connectivity index (χ1n) is 9.32. The van der Waals surface area contributed by atoms with Crippen molar-refractivity contribution >= 4 is 6.16 Å². The molecule has 0 atom stereocenters. The number of phenols is 2. The Labute approximate surface area is 166 Å². The second kappa shape index (κ2) is 8.13. The first kappa shape index (κ1) is 21.6. The van der Waals surface area contributed by atoms with E-state index in [0.717, 1.165) is 22.3 Å². The highest BCUT2D eigenvalue weighted by Gasteiger charge is 2.21. The number of hydrogen-bond donors (Lipinski definition) is 2. The molecular weight excluding hydrogens is 356 g/mol. The molecule has 5 nitrogen and oxygen atoms in total. The molecular formula is C23H30O5. The van der Waals surface area contributed by atoms with Crippen molar-refractivity contribution in [2.75, 3.05) is 0 Å². The monoisotopic (exact) mass is 386 g/mol. The number of hydrogen-bond acceptors (Lipinski definition) is 5. The molecule has 0 amide bonds. The predicted molar refractivity (Wildman–Crippen MR) is 109 cm³/mol. The third-order valence-electron chi connectivity index (χ3n) is 4.49. The van der Waals surface area contributed by atoms with E-state index in [0.29, 0.717) is 0 Å². The number of carbonyl (C=O) groups excluding carboxylic acids is 1. The summed E-state index contributed by atoms with van der Waals surface area (Å²) in [6.45, 7) is 12.3. The minimum atomic E-state index is -0.763. The molecule has 152 valence electrons. The van der Waals surface area contributed by atoms with Crippen molar-refractivity contribution in [3.63, 3.8) is 0 Å². The zero-order valence-corrected chi connectivity index (χ0v) is 17.5. The molecule has 2 N–H and O–H groups in total. The summed E-state index contributed by atoms with van der Waals surface area (Å²) in [6.07, 6.45) is -0.763. The summed E-state index contributed by atoms with van der Waals surface area (Å²) < 4.78 is 10.6. The van der Waals surface area contributed by atoms with Crippen LogP contribution in [0.4, 0.5) is 4.79 Å². The van der Waals surface area contributed by atoms with Crippen LogP contribution >= 0.6 is 0 Å². The lowest BCUT2D eigenvalue weighted by Crippen LogP contribution is -2.17. The lowest BCUT2D eigenvalue weighted by Gasteiger charge is -2.23. The summed E-state index contributed by atoms with van der Waals surface area (Å²) in [5.41, 5.74) is 3.07. The maximum atomic E-state index is 12.1. The highest BCUT2D eigenvalue weighted by atomic mass is 16.7. The standard InChI is InChI=1S/C23H30O5/c1-22(2,3)19-11-17(24)9-7-15(19)13-27-21(26)28-14-16-8-10-18(25)12-20(16)23(4,5)6/h7-12,24-25H,13-14H2,1-6H3. The second-order valence-electron chi connectivity index (χ2n) is 9.01. The number of phenolic OH excluding ortho intramolecular Hbond substituents is 2. The quantitative estimate of drug-likeness (QED) is 0.674. The van der Waals surface area contributed by atoms with Gasteiger partial charge in [-0.1, -0.05) is 53.7 Å². The summed E-state index contributed by atoms with van der Waals surface area (Å²) in [7, 11) is 0. The average Bonchev–Trinajstić information content (AvgIpc) is 2.58. The van der Waals surface area contributed by atoms with Crippen LogP contribution in [-0.4, -0.2) is 16.4 Å². The molecule has 2 rings (SSSR count). The van der Waals surface area contributed by atoms with Gasteiger partial charge in [-0.05, 0) is 57.3 Å². The lowest BCUT2D eigenvalue weighted by atomic mass is 9.84. The van der Waals surface area contributed by atoms with Crippen LogP contribution in [0.5, 0.6) is 11.5 Å². The summed E-state index contributed by atoms with van der Waals surface area (Å²) in [6, 6.07) is 10.0. The van der Waals surface area contributed by atoms with Gasteiger partial charge in [0.2, 0.25) is 0 Å². The number of ether oxygens (including phenoxy) is 2. The molecule has 2 aromatic rings. The summed E-state index contributed by atoms with van der Waals surface area (Å²) in [4.78, 5) is 12.1. The zero-order valence-electron chi connectivity index (χ0n) is 17.5. The van der Waals surface area contributed by atoms with Gasteiger partial charge in [-0.25, -0.2) is 4.79 Å². The molecule has 0 aliphatic heterocycles. The molecule has 0 saturated heterocycles. The Morgan fingerprint density at radius 1 is 0.750 bits per heavy atom. The van der Waals surface area contributed by atoms with E-state index >= 15 is 0 Å². The minimum Gasteiger partial charge on any atom is -0.508 e. The van der Waals surface area contributed by atoms with E-state index in [4.69, 9.17) is 9.47 Å². The van der Waals surface area contributed by atoms with Crippen molar-refractivity contribution in [2.24, 2.45) is 0 Å². The van der Waals surface area contributed by atoms with Gasteiger partial charge in [0.25, 0.3) is 0 Å². The van der Waals surface area contributed by atoms with Crippen LogP contribution in [-0.2, 0) is 33.5 Å². The fraction of sp³-hybridized carbons (Fsp3) is 0.435. The average molecular weight is 386 g/mol. The van der Waals surface area contributed by atoms with E-state index in [1.54, 1.807) is 36.4 Å². The summed E-state index contributed by atoms with van der Waals surface area (Å²) >= 11 is 0. The van der Waals surface area contributed by atoms with E-state index in [1.807, 2.05) is 41.5 Å². The van der Waals surface area contributed by atoms with E-state index in [1.165, 1.54) is 0 Å². The number of rotatable bonds is 4. The van der Waals surface area contributed by atoms with E-state index in [9.17, 15) is 15.0 Å². The molecule has 0 spiro atoms.